The summed E-state index contributed by atoms with van der Waals surface area (Å²) < 4.78 is 5.57. The van der Waals surface area contributed by atoms with Gasteiger partial charge in [-0.15, -0.1) is 0 Å². The third-order valence-electron chi connectivity index (χ3n) is 3.55. The summed E-state index contributed by atoms with van der Waals surface area (Å²) in [6, 6.07) is -0.0531. The van der Waals surface area contributed by atoms with Crippen molar-refractivity contribution in [2.75, 3.05) is 26.2 Å². The molecule has 0 atom stereocenters. The minimum atomic E-state index is -0.876. The van der Waals surface area contributed by atoms with E-state index in [0.717, 1.165) is 12.8 Å². The highest BCUT2D eigenvalue weighted by Gasteiger charge is 2.27. The van der Waals surface area contributed by atoms with E-state index in [1.807, 2.05) is 20.8 Å². The van der Waals surface area contributed by atoms with E-state index in [9.17, 15) is 9.59 Å². The van der Waals surface area contributed by atoms with Gasteiger partial charge in [-0.05, 0) is 33.6 Å². The van der Waals surface area contributed by atoms with E-state index in [-0.39, 0.29) is 31.1 Å². The smallest absolute Gasteiger partial charge is 0.320 e. The molecule has 0 saturated carbocycles. The Labute approximate surface area is 120 Å². The van der Waals surface area contributed by atoms with Crippen LogP contribution in [0.2, 0.25) is 0 Å². The van der Waals surface area contributed by atoms with Crippen LogP contribution in [0.15, 0.2) is 0 Å². The third-order valence-corrected chi connectivity index (χ3v) is 3.55. The number of rotatable bonds is 6. The molecule has 0 aliphatic carbocycles. The maximum Gasteiger partial charge on any atom is 0.320 e. The molecule has 1 N–H and O–H groups in total. The number of hydrogen-bond acceptors (Lipinski definition) is 3. The number of amides is 2. The number of carboxylic acid groups (broad SMARTS) is 1. The SMILES string of the molecule is CCOC1CCN(C(=O)N(CCC(=O)O)C(C)C)CC1. The Morgan fingerprint density at radius 2 is 1.95 bits per heavy atom. The molecule has 6 heteroatoms. The van der Waals surface area contributed by atoms with Crippen molar-refractivity contribution in [1.29, 1.82) is 0 Å². The summed E-state index contributed by atoms with van der Waals surface area (Å²) in [6.07, 6.45) is 1.93. The molecule has 20 heavy (non-hydrogen) atoms. The van der Waals surface area contributed by atoms with Crippen molar-refractivity contribution in [3.05, 3.63) is 0 Å². The van der Waals surface area contributed by atoms with Crippen molar-refractivity contribution < 1.29 is 19.4 Å². The van der Waals surface area contributed by atoms with Crippen LogP contribution in [0.1, 0.15) is 40.0 Å². The van der Waals surface area contributed by atoms with Crippen LogP contribution in [0.3, 0.4) is 0 Å². The van der Waals surface area contributed by atoms with Crippen molar-refractivity contribution in [2.45, 2.75) is 52.2 Å². The molecule has 0 aromatic carbocycles. The van der Waals surface area contributed by atoms with E-state index < -0.39 is 5.97 Å². The first kappa shape index (κ1) is 16.8. The molecule has 2 amide bonds. The number of carbonyl (C=O) groups excluding carboxylic acids is 1. The van der Waals surface area contributed by atoms with E-state index in [4.69, 9.17) is 9.84 Å². The fourth-order valence-corrected chi connectivity index (χ4v) is 2.42. The lowest BCUT2D eigenvalue weighted by Crippen LogP contribution is -2.50. The highest BCUT2D eigenvalue weighted by Crippen LogP contribution is 2.16. The summed E-state index contributed by atoms with van der Waals surface area (Å²) in [6.45, 7) is 8.12. The number of piperidine rings is 1. The Hall–Kier alpha value is -1.30. The predicted molar refractivity (Wildman–Crippen MR) is 75.7 cm³/mol. The van der Waals surface area contributed by atoms with Crippen LogP contribution in [-0.4, -0.2) is 65.3 Å². The minimum Gasteiger partial charge on any atom is -0.481 e. The maximum absolute atomic E-state index is 12.4. The van der Waals surface area contributed by atoms with Crippen LogP contribution in [0.4, 0.5) is 4.79 Å². The lowest BCUT2D eigenvalue weighted by atomic mass is 10.1. The molecular formula is C14H26N2O4. The summed E-state index contributed by atoms with van der Waals surface area (Å²) in [5.74, 6) is -0.876. The third kappa shape index (κ3) is 5.00. The molecule has 1 aliphatic rings. The summed E-state index contributed by atoms with van der Waals surface area (Å²) >= 11 is 0. The van der Waals surface area contributed by atoms with Gasteiger partial charge in [0, 0.05) is 32.3 Å². The first-order chi connectivity index (χ1) is 9.45. The van der Waals surface area contributed by atoms with Gasteiger partial charge < -0.3 is 19.6 Å². The van der Waals surface area contributed by atoms with Crippen molar-refractivity contribution >= 4 is 12.0 Å². The van der Waals surface area contributed by atoms with Gasteiger partial charge in [-0.25, -0.2) is 4.79 Å². The molecule has 6 nitrogen and oxygen atoms in total. The lowest BCUT2D eigenvalue weighted by Gasteiger charge is -2.37. The molecule has 0 aromatic heterocycles. The number of ether oxygens (including phenoxy) is 1. The molecule has 116 valence electrons. The van der Waals surface area contributed by atoms with Gasteiger partial charge in [0.15, 0.2) is 0 Å². The average Bonchev–Trinajstić information content (AvgIpc) is 2.39. The normalized spacial score (nSPS) is 16.5. The van der Waals surface area contributed by atoms with Crippen LogP contribution in [0.25, 0.3) is 0 Å². The van der Waals surface area contributed by atoms with Crippen LogP contribution in [0.5, 0.6) is 0 Å². The molecule has 1 saturated heterocycles. The van der Waals surface area contributed by atoms with Gasteiger partial charge in [-0.1, -0.05) is 0 Å². The number of carboxylic acids is 1. The van der Waals surface area contributed by atoms with Gasteiger partial charge in [0.2, 0.25) is 0 Å². The molecule has 1 rings (SSSR count). The van der Waals surface area contributed by atoms with Crippen molar-refractivity contribution in [3.63, 3.8) is 0 Å². The fraction of sp³-hybridized carbons (Fsp3) is 0.857. The van der Waals surface area contributed by atoms with Gasteiger partial charge in [0.25, 0.3) is 0 Å². The standard InChI is InChI=1S/C14H26N2O4/c1-4-20-12-5-8-15(9-6-12)14(19)16(11(2)3)10-7-13(17)18/h11-12H,4-10H2,1-3H3,(H,17,18). The number of hydrogen-bond donors (Lipinski definition) is 1. The minimum absolute atomic E-state index is 0.00599. The number of likely N-dealkylation sites (tertiary alicyclic amines) is 1. The summed E-state index contributed by atoms with van der Waals surface area (Å²) in [5.41, 5.74) is 0. The molecule has 0 spiro atoms. The Kier molecular flexibility index (Phi) is 6.78. The lowest BCUT2D eigenvalue weighted by molar-refractivity contribution is -0.137. The van der Waals surface area contributed by atoms with Crippen molar-refractivity contribution in [1.82, 2.24) is 9.80 Å². The summed E-state index contributed by atoms with van der Waals surface area (Å²) in [4.78, 5) is 26.5. The fourth-order valence-electron chi connectivity index (χ4n) is 2.42. The van der Waals surface area contributed by atoms with E-state index in [1.54, 1.807) is 9.80 Å². The number of carbonyl (C=O) groups is 2. The predicted octanol–water partition coefficient (Wildman–Crippen LogP) is 1.79. The van der Waals surface area contributed by atoms with E-state index >= 15 is 0 Å². The Bertz CT molecular complexity index is 325. The second-order valence-electron chi connectivity index (χ2n) is 5.36. The molecule has 0 unspecified atom stereocenters. The zero-order chi connectivity index (χ0) is 15.1. The first-order valence-electron chi connectivity index (χ1n) is 7.34. The van der Waals surface area contributed by atoms with Gasteiger partial charge in [-0.3, -0.25) is 4.79 Å². The number of nitrogens with zero attached hydrogens (tertiary/aromatic N) is 2. The first-order valence-corrected chi connectivity index (χ1v) is 7.34. The van der Waals surface area contributed by atoms with Gasteiger partial charge in [0.1, 0.15) is 0 Å². The second-order valence-corrected chi connectivity index (χ2v) is 5.36. The van der Waals surface area contributed by atoms with Crippen LogP contribution in [-0.2, 0) is 9.53 Å². The topological polar surface area (TPSA) is 70.1 Å². The van der Waals surface area contributed by atoms with Crippen LogP contribution in [0, 0.1) is 0 Å². The summed E-state index contributed by atoms with van der Waals surface area (Å²) in [5, 5.41) is 8.76. The molecule has 0 radical (unpaired) electrons. The number of urea groups is 1. The van der Waals surface area contributed by atoms with E-state index in [0.29, 0.717) is 19.7 Å². The highest BCUT2D eigenvalue weighted by molar-refractivity contribution is 5.76. The van der Waals surface area contributed by atoms with E-state index in [2.05, 4.69) is 0 Å². The van der Waals surface area contributed by atoms with Gasteiger partial charge in [0.05, 0.1) is 12.5 Å². The summed E-state index contributed by atoms with van der Waals surface area (Å²) in [7, 11) is 0. The van der Waals surface area contributed by atoms with E-state index in [1.165, 1.54) is 0 Å². The highest BCUT2D eigenvalue weighted by atomic mass is 16.5. The Balaban J connectivity index is 2.51. The maximum atomic E-state index is 12.4. The molecule has 1 heterocycles. The van der Waals surface area contributed by atoms with Gasteiger partial charge >= 0.3 is 12.0 Å². The van der Waals surface area contributed by atoms with Crippen molar-refractivity contribution in [3.8, 4) is 0 Å². The van der Waals surface area contributed by atoms with Gasteiger partial charge in [-0.2, -0.15) is 0 Å². The average molecular weight is 286 g/mol. The molecular weight excluding hydrogens is 260 g/mol. The molecule has 1 aliphatic heterocycles. The Morgan fingerprint density at radius 1 is 1.35 bits per heavy atom. The van der Waals surface area contributed by atoms with Crippen molar-refractivity contribution in [2.24, 2.45) is 0 Å². The quantitative estimate of drug-likeness (QED) is 0.808. The largest absolute Gasteiger partial charge is 0.481 e. The monoisotopic (exact) mass is 286 g/mol. The molecule has 0 aromatic rings. The number of aliphatic carboxylic acids is 1. The molecule has 1 fully saturated rings. The molecule has 0 bridgehead atoms. The van der Waals surface area contributed by atoms with Crippen LogP contribution >= 0.6 is 0 Å². The second kappa shape index (κ2) is 8.09. The Morgan fingerprint density at radius 3 is 2.40 bits per heavy atom. The zero-order valence-corrected chi connectivity index (χ0v) is 12.7. The van der Waals surface area contributed by atoms with Crippen LogP contribution < -0.4 is 0 Å². The zero-order valence-electron chi connectivity index (χ0n) is 12.7.